The molecule has 23 heavy (non-hydrogen) atoms. The molecule has 1 aliphatic rings. The molecule has 1 amide bonds. The molecule has 1 atom stereocenters. The molecule has 1 fully saturated rings. The van der Waals surface area contributed by atoms with Crippen LogP contribution in [0.1, 0.15) is 28.9 Å². The van der Waals surface area contributed by atoms with Gasteiger partial charge in [0.1, 0.15) is 0 Å². The molecule has 1 N–H and O–H groups in total. The molecule has 4 nitrogen and oxygen atoms in total. The largest absolute Gasteiger partial charge is 0.369 e. The number of rotatable bonds is 6. The predicted molar refractivity (Wildman–Crippen MR) is 93.1 cm³/mol. The molecule has 5 heteroatoms. The summed E-state index contributed by atoms with van der Waals surface area (Å²) in [6.07, 6.45) is 1.49. The van der Waals surface area contributed by atoms with E-state index < -0.39 is 0 Å². The number of ketones is 1. The Morgan fingerprint density at radius 1 is 1.13 bits per heavy atom. The molecule has 0 radical (unpaired) electrons. The van der Waals surface area contributed by atoms with Crippen molar-refractivity contribution in [3.05, 3.63) is 52.7 Å². The fraction of sp³-hybridized carbons (Fsp3) is 0.333. The summed E-state index contributed by atoms with van der Waals surface area (Å²) in [6.45, 7) is 1.78. The van der Waals surface area contributed by atoms with Crippen LogP contribution >= 0.6 is 11.3 Å². The van der Waals surface area contributed by atoms with Crippen LogP contribution in [0.3, 0.4) is 0 Å². The molecule has 1 aromatic carbocycles. The first-order chi connectivity index (χ1) is 11.2. The van der Waals surface area contributed by atoms with Gasteiger partial charge in [-0.1, -0.05) is 24.3 Å². The summed E-state index contributed by atoms with van der Waals surface area (Å²) >= 11 is 1.43. The molecule has 3 rings (SSSR count). The van der Waals surface area contributed by atoms with Gasteiger partial charge in [0.15, 0.2) is 5.78 Å². The number of hydrogen-bond donors (Lipinski definition) is 1. The molecule has 1 aromatic heterocycles. The Bertz CT molecular complexity index is 655. The third-order valence-electron chi connectivity index (χ3n) is 4.05. The Morgan fingerprint density at radius 2 is 1.96 bits per heavy atom. The van der Waals surface area contributed by atoms with E-state index in [1.807, 2.05) is 29.6 Å². The number of anilines is 1. The fourth-order valence-electron chi connectivity index (χ4n) is 2.84. The number of amides is 1. The molecule has 2 heterocycles. The second kappa shape index (κ2) is 7.42. The van der Waals surface area contributed by atoms with E-state index in [-0.39, 0.29) is 30.6 Å². The Balaban J connectivity index is 1.43. The molecule has 0 unspecified atom stereocenters. The number of nitrogens with one attached hydrogen (secondary N) is 1. The lowest BCUT2D eigenvalue weighted by Gasteiger charge is -2.18. The Morgan fingerprint density at radius 3 is 2.70 bits per heavy atom. The molecular weight excluding hydrogens is 308 g/mol. The third-order valence-corrected chi connectivity index (χ3v) is 4.96. The van der Waals surface area contributed by atoms with Gasteiger partial charge in [0.2, 0.25) is 5.91 Å². The third kappa shape index (κ3) is 4.20. The summed E-state index contributed by atoms with van der Waals surface area (Å²) in [5.74, 6) is 0.0160. The lowest BCUT2D eigenvalue weighted by Crippen LogP contribution is -2.37. The smallest absolute Gasteiger partial charge is 0.220 e. The van der Waals surface area contributed by atoms with Gasteiger partial charge in [-0.15, -0.1) is 11.3 Å². The average molecular weight is 328 g/mol. The zero-order valence-corrected chi connectivity index (χ0v) is 13.7. The van der Waals surface area contributed by atoms with E-state index in [1.165, 1.54) is 17.0 Å². The van der Waals surface area contributed by atoms with Crippen LogP contribution in [-0.4, -0.2) is 30.8 Å². The van der Waals surface area contributed by atoms with Crippen molar-refractivity contribution >= 4 is 28.7 Å². The van der Waals surface area contributed by atoms with E-state index in [9.17, 15) is 9.59 Å². The van der Waals surface area contributed by atoms with Crippen molar-refractivity contribution in [2.45, 2.75) is 25.3 Å². The molecule has 0 aliphatic carbocycles. The maximum atomic E-state index is 12.0. The number of nitrogens with zero attached hydrogens (tertiary/aromatic N) is 1. The van der Waals surface area contributed by atoms with Gasteiger partial charge in [0.25, 0.3) is 0 Å². The maximum absolute atomic E-state index is 12.0. The molecule has 2 aromatic rings. The first-order valence-corrected chi connectivity index (χ1v) is 8.76. The predicted octanol–water partition coefficient (Wildman–Crippen LogP) is 3.11. The summed E-state index contributed by atoms with van der Waals surface area (Å²) in [4.78, 5) is 27.0. The minimum Gasteiger partial charge on any atom is -0.369 e. The maximum Gasteiger partial charge on any atom is 0.220 e. The van der Waals surface area contributed by atoms with Crippen LogP contribution in [0.4, 0.5) is 5.69 Å². The SMILES string of the molecule is O=C(CCC(=O)c1cccs1)N[C@H]1CCN(c2ccccc2)C1. The number of para-hydroxylation sites is 1. The molecule has 0 saturated carbocycles. The quantitative estimate of drug-likeness (QED) is 0.829. The van der Waals surface area contributed by atoms with Gasteiger partial charge in [-0.25, -0.2) is 0 Å². The molecule has 1 aliphatic heterocycles. The van der Waals surface area contributed by atoms with Crippen LogP contribution in [0.25, 0.3) is 0 Å². The van der Waals surface area contributed by atoms with Crippen molar-refractivity contribution in [1.29, 1.82) is 0 Å². The first-order valence-electron chi connectivity index (χ1n) is 7.88. The Hall–Kier alpha value is -2.14. The topological polar surface area (TPSA) is 49.4 Å². The van der Waals surface area contributed by atoms with Crippen LogP contribution in [0.2, 0.25) is 0 Å². The van der Waals surface area contributed by atoms with Crippen molar-refractivity contribution in [3.63, 3.8) is 0 Å². The highest BCUT2D eigenvalue weighted by molar-refractivity contribution is 7.12. The second-order valence-electron chi connectivity index (χ2n) is 5.74. The lowest BCUT2D eigenvalue weighted by atomic mass is 10.1. The number of thiophene rings is 1. The summed E-state index contributed by atoms with van der Waals surface area (Å²) in [7, 11) is 0. The average Bonchev–Trinajstić information content (AvgIpc) is 3.25. The Labute approximate surface area is 140 Å². The normalized spacial score (nSPS) is 17.2. The van der Waals surface area contributed by atoms with Gasteiger partial charge < -0.3 is 10.2 Å². The molecule has 0 bridgehead atoms. The number of benzene rings is 1. The second-order valence-corrected chi connectivity index (χ2v) is 6.68. The van der Waals surface area contributed by atoms with Gasteiger partial charge >= 0.3 is 0 Å². The van der Waals surface area contributed by atoms with Crippen molar-refractivity contribution in [1.82, 2.24) is 5.32 Å². The van der Waals surface area contributed by atoms with Gasteiger partial charge in [0.05, 0.1) is 4.88 Å². The minimum atomic E-state index is -0.0326. The van der Waals surface area contributed by atoms with E-state index in [0.717, 1.165) is 24.4 Å². The minimum absolute atomic E-state index is 0.0326. The zero-order valence-electron chi connectivity index (χ0n) is 12.9. The van der Waals surface area contributed by atoms with E-state index >= 15 is 0 Å². The number of carbonyl (C=O) groups is 2. The fourth-order valence-corrected chi connectivity index (χ4v) is 3.53. The van der Waals surface area contributed by atoms with Crippen LogP contribution in [0.15, 0.2) is 47.8 Å². The van der Waals surface area contributed by atoms with E-state index in [1.54, 1.807) is 6.07 Å². The summed E-state index contributed by atoms with van der Waals surface area (Å²) in [5, 5.41) is 4.93. The molecule has 0 spiro atoms. The highest BCUT2D eigenvalue weighted by atomic mass is 32.1. The van der Waals surface area contributed by atoms with Crippen LogP contribution in [-0.2, 0) is 4.79 Å². The van der Waals surface area contributed by atoms with Crippen molar-refractivity contribution in [2.75, 3.05) is 18.0 Å². The molecular formula is C18H20N2O2S. The lowest BCUT2D eigenvalue weighted by molar-refractivity contribution is -0.121. The van der Waals surface area contributed by atoms with Crippen molar-refractivity contribution in [3.8, 4) is 0 Å². The summed E-state index contributed by atoms with van der Waals surface area (Å²) < 4.78 is 0. The van der Waals surface area contributed by atoms with E-state index in [0.29, 0.717) is 0 Å². The van der Waals surface area contributed by atoms with Crippen molar-refractivity contribution in [2.24, 2.45) is 0 Å². The van der Waals surface area contributed by atoms with E-state index in [4.69, 9.17) is 0 Å². The molecule has 120 valence electrons. The van der Waals surface area contributed by atoms with E-state index in [2.05, 4.69) is 22.3 Å². The van der Waals surface area contributed by atoms with Crippen LogP contribution < -0.4 is 10.2 Å². The number of carbonyl (C=O) groups excluding carboxylic acids is 2. The number of Topliss-reactive ketones (excluding diaryl/α,β-unsaturated/α-hetero) is 1. The van der Waals surface area contributed by atoms with Crippen LogP contribution in [0.5, 0.6) is 0 Å². The van der Waals surface area contributed by atoms with Gasteiger partial charge in [-0.2, -0.15) is 0 Å². The highest BCUT2D eigenvalue weighted by Crippen LogP contribution is 2.20. The van der Waals surface area contributed by atoms with Crippen molar-refractivity contribution < 1.29 is 9.59 Å². The zero-order chi connectivity index (χ0) is 16.1. The monoisotopic (exact) mass is 328 g/mol. The first kappa shape index (κ1) is 15.7. The standard InChI is InChI=1S/C18H20N2O2S/c21-16(17-7-4-12-23-17)8-9-18(22)19-14-10-11-20(13-14)15-5-2-1-3-6-15/h1-7,12,14H,8-11,13H2,(H,19,22)/t14-/m0/s1. The number of hydrogen-bond acceptors (Lipinski definition) is 4. The molecule has 1 saturated heterocycles. The van der Waals surface area contributed by atoms with Gasteiger partial charge in [0, 0.05) is 37.7 Å². The Kier molecular flexibility index (Phi) is 5.08. The van der Waals surface area contributed by atoms with Gasteiger partial charge in [-0.3, -0.25) is 9.59 Å². The summed E-state index contributed by atoms with van der Waals surface area (Å²) in [6, 6.07) is 14.1. The summed E-state index contributed by atoms with van der Waals surface area (Å²) in [5.41, 5.74) is 1.19. The highest BCUT2D eigenvalue weighted by Gasteiger charge is 2.24. The van der Waals surface area contributed by atoms with Gasteiger partial charge in [-0.05, 0) is 30.0 Å². The van der Waals surface area contributed by atoms with Crippen LogP contribution in [0, 0.1) is 0 Å².